The molecule has 116 valence electrons. The van der Waals surface area contributed by atoms with Crippen LogP contribution in [0.1, 0.15) is 32.3 Å². The van der Waals surface area contributed by atoms with Crippen LogP contribution in [0.5, 0.6) is 5.75 Å². The lowest BCUT2D eigenvalue weighted by molar-refractivity contribution is 0.0572. The third kappa shape index (κ3) is 2.63. The normalized spacial score (nSPS) is 16.0. The van der Waals surface area contributed by atoms with E-state index in [9.17, 15) is 0 Å². The summed E-state index contributed by atoms with van der Waals surface area (Å²) in [4.78, 5) is 2.37. The molecule has 2 aromatic rings. The number of hydrogen-bond donors (Lipinski definition) is 1. The number of rotatable bonds is 4. The number of nitrogens with zero attached hydrogens (tertiary/aromatic N) is 1. The van der Waals surface area contributed by atoms with Crippen LogP contribution >= 0.6 is 0 Å². The molecule has 1 aliphatic heterocycles. The first-order valence-electron chi connectivity index (χ1n) is 8.04. The van der Waals surface area contributed by atoms with Crippen molar-refractivity contribution in [1.29, 1.82) is 0 Å². The first-order valence-corrected chi connectivity index (χ1v) is 8.04. The van der Waals surface area contributed by atoms with Crippen LogP contribution in [0.2, 0.25) is 0 Å². The summed E-state index contributed by atoms with van der Waals surface area (Å²) in [6.45, 7) is 6.12. The van der Waals surface area contributed by atoms with Gasteiger partial charge in [-0.3, -0.25) is 0 Å². The highest BCUT2D eigenvalue weighted by atomic mass is 16.5. The Morgan fingerprint density at radius 3 is 2.45 bits per heavy atom. The zero-order valence-corrected chi connectivity index (χ0v) is 13.4. The van der Waals surface area contributed by atoms with Gasteiger partial charge in [0.2, 0.25) is 0 Å². The fourth-order valence-electron chi connectivity index (χ4n) is 3.21. The summed E-state index contributed by atoms with van der Waals surface area (Å²) >= 11 is 0. The molecular weight excluding hydrogens is 272 g/mol. The van der Waals surface area contributed by atoms with Gasteiger partial charge in [-0.15, -0.1) is 0 Å². The van der Waals surface area contributed by atoms with Crippen LogP contribution in [-0.2, 0) is 6.54 Å². The van der Waals surface area contributed by atoms with Crippen LogP contribution < -0.4 is 15.4 Å². The first kappa shape index (κ1) is 14.8. The van der Waals surface area contributed by atoms with Crippen molar-refractivity contribution in [3.05, 3.63) is 54.1 Å². The van der Waals surface area contributed by atoms with E-state index in [2.05, 4.69) is 43.0 Å². The Kier molecular flexibility index (Phi) is 3.97. The summed E-state index contributed by atoms with van der Waals surface area (Å²) in [6, 6.07) is 16.5. The van der Waals surface area contributed by atoms with Gasteiger partial charge in [-0.1, -0.05) is 50.2 Å². The Labute approximate surface area is 132 Å². The van der Waals surface area contributed by atoms with Crippen molar-refractivity contribution < 1.29 is 4.74 Å². The lowest BCUT2D eigenvalue weighted by Gasteiger charge is -2.44. The highest BCUT2D eigenvalue weighted by Gasteiger charge is 2.37. The molecule has 3 heteroatoms. The predicted octanol–water partition coefficient (Wildman–Crippen LogP) is 4.23. The minimum Gasteiger partial charge on any atom is -0.483 e. The maximum atomic E-state index is 6.34. The van der Waals surface area contributed by atoms with E-state index in [1.807, 2.05) is 24.3 Å². The molecular formula is C19H24N2O. The molecule has 0 aliphatic carbocycles. The van der Waals surface area contributed by atoms with Crippen molar-refractivity contribution in [3.63, 3.8) is 0 Å². The molecule has 3 rings (SSSR count). The van der Waals surface area contributed by atoms with Gasteiger partial charge < -0.3 is 15.4 Å². The summed E-state index contributed by atoms with van der Waals surface area (Å²) in [5.41, 5.74) is 9.21. The second-order valence-electron chi connectivity index (χ2n) is 6.03. The smallest absolute Gasteiger partial charge is 0.145 e. The first-order chi connectivity index (χ1) is 10.7. The minimum atomic E-state index is -0.129. The summed E-state index contributed by atoms with van der Waals surface area (Å²) in [5.74, 6) is 0.908. The Morgan fingerprint density at radius 2 is 1.77 bits per heavy atom. The standard InChI is InChI=1S/C19H24N2O/c1-3-19(4-2)14-21(13-15-9-6-5-7-10-15)18-16(20)11-8-12-17(18)22-19/h5-12H,3-4,13-14,20H2,1-2H3. The highest BCUT2D eigenvalue weighted by Crippen LogP contribution is 2.43. The number of anilines is 2. The molecule has 1 heterocycles. The average Bonchev–Trinajstić information content (AvgIpc) is 2.55. The number of benzene rings is 2. The van der Waals surface area contributed by atoms with Crippen molar-refractivity contribution in [1.82, 2.24) is 0 Å². The van der Waals surface area contributed by atoms with E-state index in [0.717, 1.165) is 43.1 Å². The van der Waals surface area contributed by atoms with E-state index in [1.165, 1.54) is 5.56 Å². The molecule has 0 unspecified atom stereocenters. The Bertz CT molecular complexity index is 635. The second-order valence-corrected chi connectivity index (χ2v) is 6.03. The van der Waals surface area contributed by atoms with Gasteiger partial charge in [0.05, 0.1) is 12.2 Å². The minimum absolute atomic E-state index is 0.129. The van der Waals surface area contributed by atoms with E-state index < -0.39 is 0 Å². The molecule has 1 aliphatic rings. The summed E-state index contributed by atoms with van der Waals surface area (Å²) in [7, 11) is 0. The number of nitrogen functional groups attached to an aromatic ring is 1. The number of nitrogens with two attached hydrogens (primary N) is 1. The Morgan fingerprint density at radius 1 is 1.05 bits per heavy atom. The monoisotopic (exact) mass is 296 g/mol. The van der Waals surface area contributed by atoms with Gasteiger partial charge in [-0.25, -0.2) is 0 Å². The van der Waals surface area contributed by atoms with Gasteiger partial charge >= 0.3 is 0 Å². The molecule has 0 aromatic heterocycles. The molecule has 0 radical (unpaired) electrons. The van der Waals surface area contributed by atoms with Crippen LogP contribution in [0.25, 0.3) is 0 Å². The average molecular weight is 296 g/mol. The van der Waals surface area contributed by atoms with Crippen molar-refractivity contribution in [3.8, 4) is 5.75 Å². The number of para-hydroxylation sites is 1. The zero-order valence-electron chi connectivity index (χ0n) is 13.4. The van der Waals surface area contributed by atoms with E-state index in [0.29, 0.717) is 0 Å². The topological polar surface area (TPSA) is 38.5 Å². The number of hydrogen-bond acceptors (Lipinski definition) is 3. The summed E-state index contributed by atoms with van der Waals surface area (Å²) in [5, 5.41) is 0. The van der Waals surface area contributed by atoms with Crippen molar-refractivity contribution >= 4 is 11.4 Å². The summed E-state index contributed by atoms with van der Waals surface area (Å²) in [6.07, 6.45) is 1.98. The molecule has 0 saturated carbocycles. The van der Waals surface area contributed by atoms with Crippen LogP contribution in [0.15, 0.2) is 48.5 Å². The van der Waals surface area contributed by atoms with Gasteiger partial charge in [0, 0.05) is 6.54 Å². The highest BCUT2D eigenvalue weighted by molar-refractivity contribution is 5.76. The fraction of sp³-hybridized carbons (Fsp3) is 0.368. The largest absolute Gasteiger partial charge is 0.483 e. The van der Waals surface area contributed by atoms with Crippen LogP contribution in [0.4, 0.5) is 11.4 Å². The fourth-order valence-corrected chi connectivity index (χ4v) is 3.21. The Balaban J connectivity index is 2.00. The molecule has 3 nitrogen and oxygen atoms in total. The third-order valence-corrected chi connectivity index (χ3v) is 4.66. The van der Waals surface area contributed by atoms with E-state index >= 15 is 0 Å². The summed E-state index contributed by atoms with van der Waals surface area (Å²) < 4.78 is 6.34. The predicted molar refractivity (Wildman–Crippen MR) is 92.3 cm³/mol. The maximum Gasteiger partial charge on any atom is 0.145 e. The molecule has 2 N–H and O–H groups in total. The van der Waals surface area contributed by atoms with Crippen LogP contribution in [-0.4, -0.2) is 12.1 Å². The van der Waals surface area contributed by atoms with Crippen molar-refractivity contribution in [2.24, 2.45) is 0 Å². The molecule has 0 spiro atoms. The van der Waals surface area contributed by atoms with Gasteiger partial charge in [-0.05, 0) is 30.5 Å². The van der Waals surface area contributed by atoms with E-state index in [-0.39, 0.29) is 5.60 Å². The number of ether oxygens (including phenoxy) is 1. The quantitative estimate of drug-likeness (QED) is 0.858. The Hall–Kier alpha value is -2.16. The molecule has 0 saturated heterocycles. The molecule has 0 fully saturated rings. The van der Waals surface area contributed by atoms with Gasteiger partial charge in [0.1, 0.15) is 17.0 Å². The van der Waals surface area contributed by atoms with Crippen molar-refractivity contribution in [2.45, 2.75) is 38.8 Å². The van der Waals surface area contributed by atoms with Crippen LogP contribution in [0, 0.1) is 0 Å². The third-order valence-electron chi connectivity index (χ3n) is 4.66. The van der Waals surface area contributed by atoms with Gasteiger partial charge in [0.25, 0.3) is 0 Å². The molecule has 0 atom stereocenters. The van der Waals surface area contributed by atoms with Crippen molar-refractivity contribution in [2.75, 3.05) is 17.2 Å². The van der Waals surface area contributed by atoms with Crippen LogP contribution in [0.3, 0.4) is 0 Å². The lowest BCUT2D eigenvalue weighted by Crippen LogP contribution is -2.50. The SMILES string of the molecule is CCC1(CC)CN(Cc2ccccc2)c2c(N)cccc2O1. The lowest BCUT2D eigenvalue weighted by atomic mass is 9.93. The maximum absolute atomic E-state index is 6.34. The molecule has 0 bridgehead atoms. The van der Waals surface area contributed by atoms with Gasteiger partial charge in [-0.2, -0.15) is 0 Å². The van der Waals surface area contributed by atoms with E-state index in [1.54, 1.807) is 0 Å². The zero-order chi connectivity index (χ0) is 15.6. The second kappa shape index (κ2) is 5.91. The van der Waals surface area contributed by atoms with Gasteiger partial charge in [0.15, 0.2) is 0 Å². The molecule has 0 amide bonds. The number of fused-ring (bicyclic) bond motifs is 1. The molecule has 2 aromatic carbocycles. The molecule has 22 heavy (non-hydrogen) atoms. The van der Waals surface area contributed by atoms with E-state index in [4.69, 9.17) is 10.5 Å².